The van der Waals surface area contributed by atoms with Gasteiger partial charge in [0.05, 0.1) is 17.8 Å². The molecule has 0 unspecified atom stereocenters. The van der Waals surface area contributed by atoms with Gasteiger partial charge < -0.3 is 15.1 Å². The fraction of sp³-hybridized carbons (Fsp3) is 0.423. The lowest BCUT2D eigenvalue weighted by Crippen LogP contribution is -2.44. The number of fused-ring (bicyclic) bond motifs is 2. The predicted octanol–water partition coefficient (Wildman–Crippen LogP) is 4.00. The van der Waals surface area contributed by atoms with Crippen molar-refractivity contribution >= 4 is 23.4 Å². The minimum Gasteiger partial charge on any atom is -0.350 e. The molecular formula is C26H31N3O3. The first-order valence-electron chi connectivity index (χ1n) is 11.5. The molecule has 0 aliphatic carbocycles. The van der Waals surface area contributed by atoms with E-state index >= 15 is 0 Å². The van der Waals surface area contributed by atoms with Crippen LogP contribution in [0.4, 0.5) is 5.69 Å². The van der Waals surface area contributed by atoms with E-state index in [9.17, 15) is 14.4 Å². The van der Waals surface area contributed by atoms with Gasteiger partial charge >= 0.3 is 0 Å². The summed E-state index contributed by atoms with van der Waals surface area (Å²) < 4.78 is 0. The molecule has 32 heavy (non-hydrogen) atoms. The van der Waals surface area contributed by atoms with Gasteiger partial charge in [0.25, 0.3) is 11.8 Å². The number of carbonyl (C=O) groups is 3. The molecule has 0 aromatic heterocycles. The van der Waals surface area contributed by atoms with Crippen molar-refractivity contribution in [3.63, 3.8) is 0 Å². The first kappa shape index (κ1) is 22.1. The highest BCUT2D eigenvalue weighted by Gasteiger charge is 2.41. The lowest BCUT2D eigenvalue weighted by Gasteiger charge is -2.26. The maximum atomic E-state index is 13.4. The molecule has 0 bridgehead atoms. The Morgan fingerprint density at radius 3 is 2.50 bits per heavy atom. The number of hydrogen-bond donors (Lipinski definition) is 1. The SMILES string of the molecule is CC(C)C[C@@H](C)NC(=O)c1ccc(CN2C(=O)[C@H]3CCCN3C(=O)c3ccccc32)cc1. The van der Waals surface area contributed by atoms with Crippen LogP contribution in [-0.2, 0) is 11.3 Å². The minimum absolute atomic E-state index is 0.0369. The Hall–Kier alpha value is -3.15. The molecule has 6 heteroatoms. The third kappa shape index (κ3) is 4.40. The van der Waals surface area contributed by atoms with Crippen molar-refractivity contribution < 1.29 is 14.4 Å². The highest BCUT2D eigenvalue weighted by atomic mass is 16.2. The molecule has 0 spiro atoms. The second-order valence-corrected chi connectivity index (χ2v) is 9.30. The lowest BCUT2D eigenvalue weighted by atomic mass is 10.0. The smallest absolute Gasteiger partial charge is 0.256 e. The molecule has 1 fully saturated rings. The van der Waals surface area contributed by atoms with Crippen molar-refractivity contribution in [1.29, 1.82) is 0 Å². The number of para-hydroxylation sites is 1. The Morgan fingerprint density at radius 1 is 1.06 bits per heavy atom. The number of anilines is 1. The molecule has 2 aliphatic rings. The van der Waals surface area contributed by atoms with Crippen molar-refractivity contribution in [3.05, 3.63) is 65.2 Å². The van der Waals surface area contributed by atoms with E-state index in [4.69, 9.17) is 0 Å². The number of amides is 3. The second kappa shape index (κ2) is 9.15. The standard InChI is InChI=1S/C26H31N3O3/c1-17(2)15-18(3)27-24(30)20-12-10-19(11-13-20)16-29-22-8-5-4-7-21(22)25(31)28-14-6-9-23(28)26(29)32/h4-5,7-8,10-13,17-18,23H,6,9,14-16H2,1-3H3,(H,27,30)/t18-,23-/m1/s1. The summed E-state index contributed by atoms with van der Waals surface area (Å²) in [5.74, 6) is 0.323. The normalized spacial score (nSPS) is 18.9. The third-order valence-electron chi connectivity index (χ3n) is 6.25. The van der Waals surface area contributed by atoms with Crippen LogP contribution in [0.3, 0.4) is 0 Å². The van der Waals surface area contributed by atoms with E-state index in [2.05, 4.69) is 19.2 Å². The third-order valence-corrected chi connectivity index (χ3v) is 6.25. The highest BCUT2D eigenvalue weighted by molar-refractivity contribution is 6.11. The lowest BCUT2D eigenvalue weighted by molar-refractivity contribution is -0.122. The molecule has 6 nitrogen and oxygen atoms in total. The monoisotopic (exact) mass is 433 g/mol. The largest absolute Gasteiger partial charge is 0.350 e. The van der Waals surface area contributed by atoms with Crippen LogP contribution in [0.2, 0.25) is 0 Å². The number of hydrogen-bond acceptors (Lipinski definition) is 3. The Kier molecular flexibility index (Phi) is 6.31. The summed E-state index contributed by atoms with van der Waals surface area (Å²) in [6, 6.07) is 14.4. The van der Waals surface area contributed by atoms with Crippen molar-refractivity contribution in [3.8, 4) is 0 Å². The van der Waals surface area contributed by atoms with Gasteiger partial charge in [-0.3, -0.25) is 14.4 Å². The zero-order chi connectivity index (χ0) is 22.8. The number of nitrogens with zero attached hydrogens (tertiary/aromatic N) is 2. The fourth-order valence-electron chi connectivity index (χ4n) is 4.79. The summed E-state index contributed by atoms with van der Waals surface area (Å²) in [6.45, 7) is 7.27. The molecule has 3 amide bonds. The molecule has 1 saturated heterocycles. The summed E-state index contributed by atoms with van der Waals surface area (Å²) >= 11 is 0. The molecule has 2 aromatic rings. The van der Waals surface area contributed by atoms with Gasteiger partial charge in [0.2, 0.25) is 5.91 Å². The summed E-state index contributed by atoms with van der Waals surface area (Å²) in [5.41, 5.74) is 2.74. The summed E-state index contributed by atoms with van der Waals surface area (Å²) in [5, 5.41) is 3.04. The molecule has 2 aliphatic heterocycles. The first-order chi connectivity index (χ1) is 15.3. The van der Waals surface area contributed by atoms with Crippen molar-refractivity contribution in [2.45, 2.75) is 58.7 Å². The van der Waals surface area contributed by atoms with E-state index < -0.39 is 6.04 Å². The maximum absolute atomic E-state index is 13.4. The van der Waals surface area contributed by atoms with Crippen LogP contribution in [0.15, 0.2) is 48.5 Å². The molecule has 2 heterocycles. The molecular weight excluding hydrogens is 402 g/mol. The average molecular weight is 434 g/mol. The van der Waals surface area contributed by atoms with E-state index in [0.29, 0.717) is 42.2 Å². The molecule has 0 radical (unpaired) electrons. The van der Waals surface area contributed by atoms with Gasteiger partial charge in [0, 0.05) is 18.2 Å². The van der Waals surface area contributed by atoms with Gasteiger partial charge in [0.15, 0.2) is 0 Å². The number of rotatable bonds is 6. The van der Waals surface area contributed by atoms with Gasteiger partial charge in [-0.2, -0.15) is 0 Å². The summed E-state index contributed by atoms with van der Waals surface area (Å²) in [6.07, 6.45) is 2.47. The molecule has 4 rings (SSSR count). The van der Waals surface area contributed by atoms with Gasteiger partial charge in [-0.05, 0) is 61.9 Å². The van der Waals surface area contributed by atoms with Crippen LogP contribution in [0.1, 0.15) is 66.3 Å². The van der Waals surface area contributed by atoms with Crippen LogP contribution in [0.5, 0.6) is 0 Å². The molecule has 1 N–H and O–H groups in total. The minimum atomic E-state index is -0.401. The predicted molar refractivity (Wildman–Crippen MR) is 125 cm³/mol. The first-order valence-corrected chi connectivity index (χ1v) is 11.5. The van der Waals surface area contributed by atoms with Gasteiger partial charge in [-0.25, -0.2) is 0 Å². The second-order valence-electron chi connectivity index (χ2n) is 9.30. The Labute approximate surface area is 189 Å². The van der Waals surface area contributed by atoms with E-state index in [1.807, 2.05) is 37.3 Å². The number of benzene rings is 2. The molecule has 2 atom stereocenters. The molecule has 0 saturated carbocycles. The van der Waals surface area contributed by atoms with E-state index in [-0.39, 0.29) is 23.8 Å². The number of nitrogens with one attached hydrogen (secondary N) is 1. The van der Waals surface area contributed by atoms with E-state index in [1.165, 1.54) is 0 Å². The topological polar surface area (TPSA) is 69.7 Å². The van der Waals surface area contributed by atoms with Crippen LogP contribution in [0, 0.1) is 5.92 Å². The van der Waals surface area contributed by atoms with Crippen LogP contribution >= 0.6 is 0 Å². The Balaban J connectivity index is 1.54. The van der Waals surface area contributed by atoms with Crippen molar-refractivity contribution in [2.24, 2.45) is 5.92 Å². The highest BCUT2D eigenvalue weighted by Crippen LogP contribution is 2.33. The van der Waals surface area contributed by atoms with Crippen LogP contribution in [-0.4, -0.2) is 41.2 Å². The number of carbonyl (C=O) groups excluding carboxylic acids is 3. The quantitative estimate of drug-likeness (QED) is 0.749. The Bertz CT molecular complexity index is 1020. The average Bonchev–Trinajstić information content (AvgIpc) is 3.23. The Morgan fingerprint density at radius 2 is 1.78 bits per heavy atom. The van der Waals surface area contributed by atoms with Gasteiger partial charge in [-0.15, -0.1) is 0 Å². The van der Waals surface area contributed by atoms with E-state index in [1.54, 1.807) is 28.0 Å². The molecule has 168 valence electrons. The van der Waals surface area contributed by atoms with Crippen molar-refractivity contribution in [2.75, 3.05) is 11.4 Å². The zero-order valence-electron chi connectivity index (χ0n) is 19.0. The summed E-state index contributed by atoms with van der Waals surface area (Å²) in [4.78, 5) is 42.4. The van der Waals surface area contributed by atoms with Gasteiger partial charge in [0.1, 0.15) is 6.04 Å². The van der Waals surface area contributed by atoms with Gasteiger partial charge in [-0.1, -0.05) is 38.1 Å². The van der Waals surface area contributed by atoms with Crippen molar-refractivity contribution in [1.82, 2.24) is 10.2 Å². The van der Waals surface area contributed by atoms with E-state index in [0.717, 1.165) is 18.4 Å². The maximum Gasteiger partial charge on any atom is 0.256 e. The fourth-order valence-corrected chi connectivity index (χ4v) is 4.79. The molecule has 2 aromatic carbocycles. The summed E-state index contributed by atoms with van der Waals surface area (Å²) in [7, 11) is 0. The zero-order valence-corrected chi connectivity index (χ0v) is 19.0. The van der Waals surface area contributed by atoms with Crippen LogP contribution < -0.4 is 10.2 Å². The van der Waals surface area contributed by atoms with Crippen LogP contribution in [0.25, 0.3) is 0 Å².